The van der Waals surface area contributed by atoms with Gasteiger partial charge in [0.15, 0.2) is 0 Å². The van der Waals surface area contributed by atoms with Crippen molar-refractivity contribution in [2.24, 2.45) is 0 Å². The first-order valence-electron chi connectivity index (χ1n) is 5.99. The Bertz CT molecular complexity index is 461. The molecule has 108 valence electrons. The van der Waals surface area contributed by atoms with E-state index in [2.05, 4.69) is 10.1 Å². The van der Waals surface area contributed by atoms with Gasteiger partial charge >= 0.3 is 12.0 Å². The van der Waals surface area contributed by atoms with Gasteiger partial charge in [-0.15, -0.1) is 0 Å². The molecule has 7 heteroatoms. The Morgan fingerprint density at radius 3 is 2.45 bits per heavy atom. The second kappa shape index (κ2) is 8.65. The summed E-state index contributed by atoms with van der Waals surface area (Å²) in [6, 6.07) is 8.94. The van der Waals surface area contributed by atoms with Crippen LogP contribution in [0.25, 0.3) is 0 Å². The predicted octanol–water partition coefficient (Wildman–Crippen LogP) is 0.156. The highest BCUT2D eigenvalue weighted by Crippen LogP contribution is 1.97. The van der Waals surface area contributed by atoms with Crippen molar-refractivity contribution in [2.45, 2.75) is 6.42 Å². The molecule has 0 aliphatic carbocycles. The van der Waals surface area contributed by atoms with Crippen LogP contribution in [0.1, 0.15) is 5.56 Å². The van der Waals surface area contributed by atoms with Crippen LogP contribution < -0.4 is 10.6 Å². The molecule has 0 saturated heterocycles. The second-order valence-corrected chi connectivity index (χ2v) is 3.93. The molecule has 0 heterocycles. The first-order valence-corrected chi connectivity index (χ1v) is 5.99. The van der Waals surface area contributed by atoms with Crippen LogP contribution in [0, 0.1) is 0 Å². The summed E-state index contributed by atoms with van der Waals surface area (Å²) < 4.78 is 4.54. The van der Waals surface area contributed by atoms with Crippen molar-refractivity contribution < 1.29 is 24.2 Å². The number of hydrogen-bond acceptors (Lipinski definition) is 4. The lowest BCUT2D eigenvalue weighted by molar-refractivity contribution is -0.143. The number of carboxylic acid groups (broad SMARTS) is 1. The lowest BCUT2D eigenvalue weighted by Gasteiger charge is -2.06. The minimum atomic E-state index is -1.18. The molecule has 3 N–H and O–H groups in total. The van der Waals surface area contributed by atoms with E-state index in [1.807, 2.05) is 35.6 Å². The fourth-order valence-corrected chi connectivity index (χ4v) is 1.40. The molecule has 3 amide bonds. The minimum Gasteiger partial charge on any atom is -0.480 e. The average Bonchev–Trinajstić information content (AvgIpc) is 2.39. The predicted molar refractivity (Wildman–Crippen MR) is 70.1 cm³/mol. The standard InChI is InChI=1S/C13H16N2O5/c16-11(8-20-9-12(17)18)15-13(19)14-7-6-10-4-2-1-3-5-10/h1-5H,6-9H2,(H,17,18)(H2,14,15,16,19). The van der Waals surface area contributed by atoms with Crippen molar-refractivity contribution in [1.82, 2.24) is 10.6 Å². The van der Waals surface area contributed by atoms with Crippen molar-refractivity contribution in [1.29, 1.82) is 0 Å². The highest BCUT2D eigenvalue weighted by atomic mass is 16.5. The third-order valence-electron chi connectivity index (χ3n) is 2.25. The summed E-state index contributed by atoms with van der Waals surface area (Å²) in [6.45, 7) is -0.666. The van der Waals surface area contributed by atoms with E-state index in [1.165, 1.54) is 0 Å². The van der Waals surface area contributed by atoms with Gasteiger partial charge in [-0.1, -0.05) is 30.3 Å². The zero-order chi connectivity index (χ0) is 14.8. The third kappa shape index (κ3) is 7.12. The summed E-state index contributed by atoms with van der Waals surface area (Å²) in [6.07, 6.45) is 0.651. The zero-order valence-corrected chi connectivity index (χ0v) is 10.8. The zero-order valence-electron chi connectivity index (χ0n) is 10.8. The van der Waals surface area contributed by atoms with Crippen LogP contribution in [0.3, 0.4) is 0 Å². The number of carboxylic acids is 1. The highest BCUT2D eigenvalue weighted by Gasteiger charge is 2.08. The van der Waals surface area contributed by atoms with Gasteiger partial charge in [0.05, 0.1) is 0 Å². The number of carbonyl (C=O) groups is 3. The molecule has 0 aromatic heterocycles. The lowest BCUT2D eigenvalue weighted by atomic mass is 10.1. The fourth-order valence-electron chi connectivity index (χ4n) is 1.40. The number of carbonyl (C=O) groups excluding carboxylic acids is 2. The molecule has 1 rings (SSSR count). The maximum atomic E-state index is 11.3. The number of aliphatic carboxylic acids is 1. The van der Waals surface area contributed by atoms with Crippen LogP contribution in [0.4, 0.5) is 4.79 Å². The minimum absolute atomic E-state index is 0.388. The quantitative estimate of drug-likeness (QED) is 0.659. The number of urea groups is 1. The topological polar surface area (TPSA) is 105 Å². The van der Waals surface area contributed by atoms with Crippen LogP contribution in [-0.2, 0) is 20.7 Å². The highest BCUT2D eigenvalue weighted by molar-refractivity contribution is 5.94. The van der Waals surface area contributed by atoms with Crippen LogP contribution in [0.15, 0.2) is 30.3 Å². The van der Waals surface area contributed by atoms with E-state index in [-0.39, 0.29) is 0 Å². The Labute approximate surface area is 115 Å². The number of hydrogen-bond donors (Lipinski definition) is 3. The first-order chi connectivity index (χ1) is 9.58. The van der Waals surface area contributed by atoms with Crippen molar-refractivity contribution >= 4 is 17.9 Å². The van der Waals surface area contributed by atoms with E-state index in [0.29, 0.717) is 13.0 Å². The maximum absolute atomic E-state index is 11.3. The second-order valence-electron chi connectivity index (χ2n) is 3.93. The van der Waals surface area contributed by atoms with Gasteiger partial charge in [-0.05, 0) is 12.0 Å². The van der Waals surface area contributed by atoms with E-state index in [0.717, 1.165) is 5.56 Å². The van der Waals surface area contributed by atoms with Crippen molar-refractivity contribution in [2.75, 3.05) is 19.8 Å². The Morgan fingerprint density at radius 2 is 1.80 bits per heavy atom. The molecule has 1 aromatic rings. The molecule has 0 bridgehead atoms. The number of benzene rings is 1. The third-order valence-corrected chi connectivity index (χ3v) is 2.25. The molecule has 0 aliphatic rings. The molecule has 7 nitrogen and oxygen atoms in total. The largest absolute Gasteiger partial charge is 0.480 e. The van der Waals surface area contributed by atoms with Crippen LogP contribution >= 0.6 is 0 Å². The SMILES string of the molecule is O=C(O)COCC(=O)NC(=O)NCCc1ccccc1. The number of amides is 3. The Hall–Kier alpha value is -2.41. The van der Waals surface area contributed by atoms with E-state index in [9.17, 15) is 14.4 Å². The summed E-state index contributed by atoms with van der Waals surface area (Å²) in [7, 11) is 0. The molecule has 0 unspecified atom stereocenters. The summed E-state index contributed by atoms with van der Waals surface area (Å²) in [5.74, 6) is -1.87. The Morgan fingerprint density at radius 1 is 1.10 bits per heavy atom. The average molecular weight is 280 g/mol. The fraction of sp³-hybridized carbons (Fsp3) is 0.308. The molecular formula is C13H16N2O5. The molecule has 1 aromatic carbocycles. The van der Waals surface area contributed by atoms with Gasteiger partial charge in [-0.2, -0.15) is 0 Å². The van der Waals surface area contributed by atoms with Crippen LogP contribution in [-0.4, -0.2) is 42.8 Å². The van der Waals surface area contributed by atoms with Gasteiger partial charge in [0.1, 0.15) is 13.2 Å². The normalized spacial score (nSPS) is 9.80. The Balaban J connectivity index is 2.13. The number of ether oxygens (including phenoxy) is 1. The van der Waals surface area contributed by atoms with Crippen molar-refractivity contribution in [3.8, 4) is 0 Å². The summed E-state index contributed by atoms with van der Waals surface area (Å²) in [5.41, 5.74) is 1.07. The molecular weight excluding hydrogens is 264 g/mol. The van der Waals surface area contributed by atoms with E-state index < -0.39 is 31.1 Å². The number of imide groups is 1. The van der Waals surface area contributed by atoms with Gasteiger partial charge in [0.2, 0.25) is 0 Å². The molecule has 0 fully saturated rings. The Kier molecular flexibility index (Phi) is 6.77. The maximum Gasteiger partial charge on any atom is 0.329 e. The van der Waals surface area contributed by atoms with Crippen LogP contribution in [0.2, 0.25) is 0 Å². The smallest absolute Gasteiger partial charge is 0.329 e. The number of nitrogens with one attached hydrogen (secondary N) is 2. The van der Waals surface area contributed by atoms with Gasteiger partial charge in [0, 0.05) is 6.54 Å². The molecule has 0 atom stereocenters. The van der Waals surface area contributed by atoms with Crippen LogP contribution in [0.5, 0.6) is 0 Å². The van der Waals surface area contributed by atoms with Gasteiger partial charge in [-0.25, -0.2) is 9.59 Å². The van der Waals surface area contributed by atoms with Crippen molar-refractivity contribution in [3.63, 3.8) is 0 Å². The number of rotatable bonds is 7. The molecule has 20 heavy (non-hydrogen) atoms. The summed E-state index contributed by atoms with van der Waals surface area (Å²) in [4.78, 5) is 32.6. The van der Waals surface area contributed by atoms with Gasteiger partial charge in [-0.3, -0.25) is 10.1 Å². The van der Waals surface area contributed by atoms with E-state index in [4.69, 9.17) is 5.11 Å². The molecule has 0 spiro atoms. The van der Waals surface area contributed by atoms with Crippen molar-refractivity contribution in [3.05, 3.63) is 35.9 Å². The summed E-state index contributed by atoms with van der Waals surface area (Å²) >= 11 is 0. The monoisotopic (exact) mass is 280 g/mol. The van der Waals surface area contributed by atoms with Gasteiger partial charge in [0.25, 0.3) is 5.91 Å². The first kappa shape index (κ1) is 15.6. The summed E-state index contributed by atoms with van der Waals surface area (Å²) in [5, 5.41) is 12.8. The van der Waals surface area contributed by atoms with E-state index in [1.54, 1.807) is 0 Å². The van der Waals surface area contributed by atoms with Gasteiger partial charge < -0.3 is 15.2 Å². The molecule has 0 radical (unpaired) electrons. The molecule has 0 aliphatic heterocycles. The lowest BCUT2D eigenvalue weighted by Crippen LogP contribution is -2.42. The molecule has 0 saturated carbocycles. The van der Waals surface area contributed by atoms with E-state index >= 15 is 0 Å².